The average molecular weight is 478 g/mol. The van der Waals surface area contributed by atoms with Gasteiger partial charge in [-0.1, -0.05) is 0 Å². The molecular formula is C22H34FN3Sn. The second-order valence-electron chi connectivity index (χ2n) is 7.63. The van der Waals surface area contributed by atoms with Gasteiger partial charge in [-0.3, -0.25) is 0 Å². The molecule has 0 N–H and O–H groups in total. The van der Waals surface area contributed by atoms with E-state index in [0.29, 0.717) is 3.43 Å². The zero-order valence-electron chi connectivity index (χ0n) is 17.4. The molecule has 2 rings (SSSR count). The molecule has 0 aliphatic heterocycles. The Morgan fingerprint density at radius 3 is 1.93 bits per heavy atom. The molecule has 5 heteroatoms. The number of rotatable bonds is 12. The molecule has 148 valence electrons. The van der Waals surface area contributed by atoms with E-state index in [0.717, 1.165) is 11.4 Å². The first kappa shape index (κ1) is 22.4. The summed E-state index contributed by atoms with van der Waals surface area (Å²) in [6.45, 7) is 9.02. The van der Waals surface area contributed by atoms with Crippen molar-refractivity contribution in [1.82, 2.24) is 15.0 Å². The zero-order valence-corrected chi connectivity index (χ0v) is 20.2. The summed E-state index contributed by atoms with van der Waals surface area (Å²) in [6.07, 6.45) is 11.8. The number of benzene rings is 1. The number of nitrogens with zero attached hydrogens (tertiary/aromatic N) is 3. The maximum atomic E-state index is 13.2. The molecule has 0 unspecified atom stereocenters. The van der Waals surface area contributed by atoms with Crippen molar-refractivity contribution < 1.29 is 4.39 Å². The van der Waals surface area contributed by atoms with Crippen LogP contribution in [-0.4, -0.2) is 36.1 Å². The van der Waals surface area contributed by atoms with Gasteiger partial charge in [0, 0.05) is 0 Å². The molecule has 0 aliphatic carbocycles. The monoisotopic (exact) mass is 479 g/mol. The van der Waals surface area contributed by atoms with Crippen molar-refractivity contribution in [2.75, 3.05) is 0 Å². The Morgan fingerprint density at radius 1 is 0.926 bits per heavy atom. The van der Waals surface area contributed by atoms with Gasteiger partial charge in [0.05, 0.1) is 0 Å². The third-order valence-corrected chi connectivity index (χ3v) is 11.0. The minimum absolute atomic E-state index is 0.217. The Kier molecular flexibility index (Phi) is 9.26. The Balaban J connectivity index is 2.28. The van der Waals surface area contributed by atoms with E-state index >= 15 is 0 Å². The number of halogens is 1. The van der Waals surface area contributed by atoms with Gasteiger partial charge in [0.1, 0.15) is 0 Å². The van der Waals surface area contributed by atoms with E-state index in [-0.39, 0.29) is 5.82 Å². The van der Waals surface area contributed by atoms with Crippen LogP contribution < -0.4 is 3.71 Å². The van der Waals surface area contributed by atoms with Gasteiger partial charge in [0.25, 0.3) is 0 Å². The van der Waals surface area contributed by atoms with Crippen LogP contribution in [-0.2, 0) is 0 Å². The normalized spacial score (nSPS) is 11.9. The van der Waals surface area contributed by atoms with Crippen LogP contribution in [0.3, 0.4) is 0 Å². The molecule has 0 fully saturated rings. The molecule has 0 saturated carbocycles. The van der Waals surface area contributed by atoms with Gasteiger partial charge in [0.2, 0.25) is 0 Å². The number of hydrogen-bond acceptors (Lipinski definition) is 2. The molecule has 3 nitrogen and oxygen atoms in total. The Hall–Kier alpha value is -0.911. The van der Waals surface area contributed by atoms with Gasteiger partial charge in [-0.25, -0.2) is 0 Å². The van der Waals surface area contributed by atoms with Crippen LogP contribution in [0.5, 0.6) is 0 Å². The second-order valence-corrected chi connectivity index (χ2v) is 12.7. The van der Waals surface area contributed by atoms with Crippen LogP contribution in [0.15, 0.2) is 24.3 Å². The second kappa shape index (κ2) is 11.2. The van der Waals surface area contributed by atoms with Gasteiger partial charge in [-0.05, 0) is 0 Å². The molecule has 0 saturated heterocycles. The SMILES string of the molecule is CCCC[C](CCCC)(CCCC)[Sn][c]1nnn(-c2ccc(F)cc2)c1C. The fourth-order valence-electron chi connectivity index (χ4n) is 3.63. The van der Waals surface area contributed by atoms with Crippen molar-refractivity contribution in [1.29, 1.82) is 0 Å². The summed E-state index contributed by atoms with van der Waals surface area (Å²) < 4.78 is 16.9. The van der Waals surface area contributed by atoms with E-state index in [1.165, 1.54) is 73.6 Å². The predicted octanol–water partition coefficient (Wildman–Crippen LogP) is 5.77. The summed E-state index contributed by atoms with van der Waals surface area (Å²) in [5, 5.41) is 9.05. The molecule has 27 heavy (non-hydrogen) atoms. The van der Waals surface area contributed by atoms with Crippen molar-refractivity contribution in [2.45, 2.75) is 88.9 Å². The number of hydrogen-bond donors (Lipinski definition) is 0. The van der Waals surface area contributed by atoms with Crippen LogP contribution in [0.4, 0.5) is 4.39 Å². The van der Waals surface area contributed by atoms with Crippen molar-refractivity contribution in [3.63, 3.8) is 0 Å². The Labute approximate surface area is 174 Å². The quantitative estimate of drug-likeness (QED) is 0.363. The van der Waals surface area contributed by atoms with Gasteiger partial charge < -0.3 is 0 Å². The minimum atomic E-state index is -0.903. The first-order valence-electron chi connectivity index (χ1n) is 10.5. The summed E-state index contributed by atoms with van der Waals surface area (Å²) in [5.74, 6) is -0.217. The van der Waals surface area contributed by atoms with Crippen molar-refractivity contribution in [2.24, 2.45) is 0 Å². The molecule has 0 bridgehead atoms. The zero-order chi connectivity index (χ0) is 19.7. The molecule has 2 radical (unpaired) electrons. The average Bonchev–Trinajstić information content (AvgIpc) is 3.03. The first-order chi connectivity index (χ1) is 13.0. The van der Waals surface area contributed by atoms with Crippen molar-refractivity contribution >= 4 is 24.9 Å². The van der Waals surface area contributed by atoms with Gasteiger partial charge in [-0.2, -0.15) is 0 Å². The van der Waals surface area contributed by atoms with E-state index < -0.39 is 21.1 Å². The van der Waals surface area contributed by atoms with Crippen molar-refractivity contribution in [3.8, 4) is 5.69 Å². The fourth-order valence-corrected chi connectivity index (χ4v) is 8.74. The van der Waals surface area contributed by atoms with Crippen LogP contribution in [0, 0.1) is 12.7 Å². The fraction of sp³-hybridized carbons (Fsp3) is 0.636. The molecule has 1 aromatic heterocycles. The van der Waals surface area contributed by atoms with Crippen LogP contribution in [0.1, 0.15) is 84.3 Å². The van der Waals surface area contributed by atoms with Crippen molar-refractivity contribution in [3.05, 3.63) is 35.8 Å². The topological polar surface area (TPSA) is 30.7 Å². The van der Waals surface area contributed by atoms with Gasteiger partial charge in [0.15, 0.2) is 0 Å². The summed E-state index contributed by atoms with van der Waals surface area (Å²) in [4.78, 5) is 0. The van der Waals surface area contributed by atoms with E-state index in [2.05, 4.69) is 38.0 Å². The van der Waals surface area contributed by atoms with E-state index in [1.54, 1.807) is 12.1 Å². The number of unbranched alkanes of at least 4 members (excludes halogenated alkanes) is 3. The van der Waals surface area contributed by atoms with Gasteiger partial charge >= 0.3 is 175 Å². The summed E-state index contributed by atoms with van der Waals surface area (Å²) in [7, 11) is 0. The first-order valence-corrected chi connectivity index (χ1v) is 13.4. The third kappa shape index (κ3) is 6.30. The van der Waals surface area contributed by atoms with Crippen LogP contribution in [0.2, 0.25) is 3.43 Å². The van der Waals surface area contributed by atoms with E-state index in [9.17, 15) is 4.39 Å². The van der Waals surface area contributed by atoms with Crippen LogP contribution >= 0.6 is 0 Å². The molecule has 0 amide bonds. The van der Waals surface area contributed by atoms with E-state index in [1.807, 2.05) is 4.68 Å². The predicted molar refractivity (Wildman–Crippen MR) is 113 cm³/mol. The summed E-state index contributed by atoms with van der Waals surface area (Å²) >= 11 is -0.903. The molecule has 0 atom stereocenters. The molecule has 0 aliphatic rings. The third-order valence-electron chi connectivity index (χ3n) is 5.38. The Bertz CT molecular complexity index is 660. The van der Waals surface area contributed by atoms with Crippen LogP contribution in [0.25, 0.3) is 5.69 Å². The summed E-state index contributed by atoms with van der Waals surface area (Å²) in [6, 6.07) is 6.54. The Morgan fingerprint density at radius 2 is 1.44 bits per heavy atom. The summed E-state index contributed by atoms with van der Waals surface area (Å²) in [5.41, 5.74) is 2.05. The standard InChI is InChI=1S/C13H27.C9H7FN3.Sn/c1-4-7-10-13(11-8-5-2)12-9-6-3;1-7-6-11-12-13(7)9-4-2-8(10)3-5-9;/h4-12H2,1-3H3;2-5H,1H3;. The molecule has 1 aromatic carbocycles. The number of aromatic nitrogens is 3. The molecule has 0 spiro atoms. The molecule has 1 heterocycles. The van der Waals surface area contributed by atoms with E-state index in [4.69, 9.17) is 0 Å². The van der Waals surface area contributed by atoms with Gasteiger partial charge in [-0.15, -0.1) is 0 Å². The molecule has 2 aromatic rings. The maximum absolute atomic E-state index is 13.2. The molecular weight excluding hydrogens is 444 g/mol.